The van der Waals surface area contributed by atoms with Crippen LogP contribution in [-0.2, 0) is 14.3 Å². The van der Waals surface area contributed by atoms with Gasteiger partial charge in [-0.15, -0.1) is 0 Å². The highest BCUT2D eigenvalue weighted by Gasteiger charge is 1.93. The first kappa shape index (κ1) is 12.1. The average Bonchev–Trinajstić information content (AvgIpc) is 1.85. The first-order chi connectivity index (χ1) is 5.04. The second kappa shape index (κ2) is 8.37. The molecule has 0 heterocycles. The second-order valence-corrected chi connectivity index (χ2v) is 1.42. The molecular formula is C7H9NO3. The van der Waals surface area contributed by atoms with E-state index in [0.29, 0.717) is 0 Å². The largest absolute Gasteiger partial charge is 0.394 e. The third kappa shape index (κ3) is 29.9. The third-order valence-corrected chi connectivity index (χ3v) is 0.379. The molecule has 0 spiro atoms. The monoisotopic (exact) mass is 155 g/mol. The molecule has 0 aromatic heterocycles. The topological polar surface area (TPSA) is 67.2 Å². The summed E-state index contributed by atoms with van der Waals surface area (Å²) in [7, 11) is 0. The lowest BCUT2D eigenvalue weighted by Crippen LogP contribution is -2.03. The molecule has 60 valence electrons. The first-order valence-corrected chi connectivity index (χ1v) is 2.74. The average molecular weight is 155 g/mol. The van der Waals surface area contributed by atoms with Crippen LogP contribution in [0.1, 0.15) is 13.8 Å². The number of nitrogens with zero attached hydrogens (tertiary/aromatic N) is 1. The van der Waals surface area contributed by atoms with Gasteiger partial charge in [-0.1, -0.05) is 6.58 Å². The van der Waals surface area contributed by atoms with Crippen LogP contribution in [0.5, 0.6) is 0 Å². The van der Waals surface area contributed by atoms with E-state index >= 15 is 0 Å². The van der Waals surface area contributed by atoms with E-state index in [1.807, 2.05) is 0 Å². The summed E-state index contributed by atoms with van der Waals surface area (Å²) in [5.41, 5.74) is 0. The van der Waals surface area contributed by atoms with Crippen molar-refractivity contribution in [2.24, 2.45) is 0 Å². The normalized spacial score (nSPS) is 6.27. The highest BCUT2D eigenvalue weighted by molar-refractivity contribution is 5.82. The van der Waals surface area contributed by atoms with Gasteiger partial charge in [0, 0.05) is 19.9 Å². The molecule has 0 aromatic rings. The Morgan fingerprint density at radius 3 is 1.73 bits per heavy atom. The van der Waals surface area contributed by atoms with E-state index in [2.05, 4.69) is 11.3 Å². The van der Waals surface area contributed by atoms with Gasteiger partial charge in [0.2, 0.25) is 0 Å². The van der Waals surface area contributed by atoms with Crippen LogP contribution in [0.3, 0.4) is 0 Å². The van der Waals surface area contributed by atoms with Gasteiger partial charge >= 0.3 is 11.9 Å². The molecule has 11 heavy (non-hydrogen) atoms. The van der Waals surface area contributed by atoms with Gasteiger partial charge in [0.25, 0.3) is 0 Å². The van der Waals surface area contributed by atoms with Gasteiger partial charge in [0.05, 0.1) is 6.07 Å². The van der Waals surface area contributed by atoms with E-state index in [4.69, 9.17) is 5.26 Å². The number of carbonyl (C=O) groups excluding carboxylic acids is 2. The Kier molecular flexibility index (Phi) is 9.20. The maximum atomic E-state index is 9.81. The molecule has 0 aliphatic heterocycles. The molecule has 0 radical (unpaired) electrons. The smallest absolute Gasteiger partial charge is 0.310 e. The number of esters is 2. The Labute approximate surface area is 65.1 Å². The number of hydrogen-bond donors (Lipinski definition) is 0. The van der Waals surface area contributed by atoms with Crippen LogP contribution in [0.2, 0.25) is 0 Å². The van der Waals surface area contributed by atoms with Gasteiger partial charge in [-0.3, -0.25) is 9.59 Å². The quantitative estimate of drug-likeness (QED) is 0.294. The zero-order valence-electron chi connectivity index (χ0n) is 6.46. The molecule has 0 bridgehead atoms. The predicted molar refractivity (Wildman–Crippen MR) is 38.3 cm³/mol. The molecule has 4 heteroatoms. The number of ether oxygens (including phenoxy) is 1. The number of carbonyl (C=O) groups is 2. The van der Waals surface area contributed by atoms with E-state index in [-0.39, 0.29) is 0 Å². The molecular weight excluding hydrogens is 146 g/mol. The zero-order chi connectivity index (χ0) is 9.28. The summed E-state index contributed by atoms with van der Waals surface area (Å²) in [6, 6.07) is 1.69. The minimum Gasteiger partial charge on any atom is -0.394 e. The molecule has 0 saturated heterocycles. The van der Waals surface area contributed by atoms with Crippen LogP contribution in [0.25, 0.3) is 0 Å². The molecule has 0 aromatic carbocycles. The molecule has 0 unspecified atom stereocenters. The van der Waals surface area contributed by atoms with Crippen molar-refractivity contribution in [2.45, 2.75) is 13.8 Å². The van der Waals surface area contributed by atoms with Gasteiger partial charge in [0.1, 0.15) is 0 Å². The second-order valence-electron chi connectivity index (χ2n) is 1.42. The van der Waals surface area contributed by atoms with Crippen LogP contribution in [0.15, 0.2) is 12.7 Å². The molecule has 0 aliphatic rings. The van der Waals surface area contributed by atoms with Crippen LogP contribution in [0.4, 0.5) is 0 Å². The van der Waals surface area contributed by atoms with Gasteiger partial charge in [0.15, 0.2) is 0 Å². The molecule has 0 saturated carbocycles. The Hall–Kier alpha value is -1.63. The maximum Gasteiger partial charge on any atom is 0.310 e. The van der Waals surface area contributed by atoms with Crippen molar-refractivity contribution in [3.05, 3.63) is 12.7 Å². The fraction of sp³-hybridized carbons (Fsp3) is 0.286. The van der Waals surface area contributed by atoms with Crippen molar-refractivity contribution in [2.75, 3.05) is 0 Å². The van der Waals surface area contributed by atoms with E-state index in [0.717, 1.165) is 0 Å². The summed E-state index contributed by atoms with van der Waals surface area (Å²) < 4.78 is 3.97. The number of rotatable bonds is 0. The summed E-state index contributed by atoms with van der Waals surface area (Å²) in [6.07, 6.45) is 1.18. The SMILES string of the molecule is C=CC#N.CC(=O)OC(C)=O. The van der Waals surface area contributed by atoms with Crippen LogP contribution in [0, 0.1) is 11.3 Å². The maximum absolute atomic E-state index is 9.81. The van der Waals surface area contributed by atoms with Crippen LogP contribution in [-0.4, -0.2) is 11.9 Å². The van der Waals surface area contributed by atoms with Crippen molar-refractivity contribution in [1.29, 1.82) is 5.26 Å². The molecule has 0 fully saturated rings. The fourth-order valence-electron chi connectivity index (χ4n) is 0.202. The Morgan fingerprint density at radius 2 is 1.73 bits per heavy atom. The Balaban J connectivity index is 0. The lowest BCUT2D eigenvalue weighted by atomic mass is 10.7. The number of hydrogen-bond acceptors (Lipinski definition) is 4. The van der Waals surface area contributed by atoms with Crippen molar-refractivity contribution in [3.63, 3.8) is 0 Å². The minimum absolute atomic E-state index is 0.562. The van der Waals surface area contributed by atoms with Gasteiger partial charge < -0.3 is 4.74 Å². The van der Waals surface area contributed by atoms with E-state index < -0.39 is 11.9 Å². The molecule has 4 nitrogen and oxygen atoms in total. The lowest BCUT2D eigenvalue weighted by Gasteiger charge is -1.87. The molecule has 0 atom stereocenters. The van der Waals surface area contributed by atoms with Gasteiger partial charge in [-0.2, -0.15) is 5.26 Å². The van der Waals surface area contributed by atoms with Crippen molar-refractivity contribution < 1.29 is 14.3 Å². The highest BCUT2D eigenvalue weighted by Crippen LogP contribution is 1.73. The lowest BCUT2D eigenvalue weighted by molar-refractivity contribution is -0.156. The Bertz CT molecular complexity index is 178. The van der Waals surface area contributed by atoms with Crippen LogP contribution < -0.4 is 0 Å². The summed E-state index contributed by atoms with van der Waals surface area (Å²) in [6.45, 7) is 5.48. The fourth-order valence-corrected chi connectivity index (χ4v) is 0.202. The standard InChI is InChI=1S/C4H6O3.C3H3N/c1-3(5)7-4(2)6;1-2-3-4/h1-2H3;2H,1H2. The third-order valence-electron chi connectivity index (χ3n) is 0.379. The van der Waals surface area contributed by atoms with Gasteiger partial charge in [-0.05, 0) is 0 Å². The van der Waals surface area contributed by atoms with E-state index in [1.54, 1.807) is 6.07 Å². The van der Waals surface area contributed by atoms with Crippen molar-refractivity contribution in [1.82, 2.24) is 0 Å². The van der Waals surface area contributed by atoms with Crippen molar-refractivity contribution >= 4 is 11.9 Å². The summed E-state index contributed by atoms with van der Waals surface area (Å²) in [5.74, 6) is -1.12. The summed E-state index contributed by atoms with van der Waals surface area (Å²) in [5, 5.41) is 7.51. The minimum atomic E-state index is -0.562. The summed E-state index contributed by atoms with van der Waals surface area (Å²) in [4.78, 5) is 19.6. The highest BCUT2D eigenvalue weighted by atomic mass is 16.6. The Morgan fingerprint density at radius 1 is 1.45 bits per heavy atom. The number of nitriles is 1. The number of allylic oxidation sites excluding steroid dienone is 1. The van der Waals surface area contributed by atoms with Crippen LogP contribution >= 0.6 is 0 Å². The van der Waals surface area contributed by atoms with Gasteiger partial charge in [-0.25, -0.2) is 0 Å². The first-order valence-electron chi connectivity index (χ1n) is 2.74. The predicted octanol–water partition coefficient (Wildman–Crippen LogP) is 0.792. The molecule has 0 aliphatic carbocycles. The molecule has 0 N–H and O–H groups in total. The van der Waals surface area contributed by atoms with E-state index in [9.17, 15) is 9.59 Å². The van der Waals surface area contributed by atoms with Crippen molar-refractivity contribution in [3.8, 4) is 6.07 Å². The zero-order valence-corrected chi connectivity index (χ0v) is 6.46. The van der Waals surface area contributed by atoms with E-state index in [1.165, 1.54) is 19.9 Å². The molecule has 0 rings (SSSR count). The molecule has 0 amide bonds. The summed E-state index contributed by atoms with van der Waals surface area (Å²) >= 11 is 0.